The largest absolute Gasteiger partial charge is 0.486 e. The van der Waals surface area contributed by atoms with Crippen LogP contribution in [0.4, 0.5) is 0 Å². The minimum absolute atomic E-state index is 0.487. The molecule has 0 saturated heterocycles. The molecule has 98 valence electrons. The molecular weight excluding hydrogens is 242 g/mol. The van der Waals surface area contributed by atoms with Gasteiger partial charge in [0, 0.05) is 18.3 Å². The molecule has 1 unspecified atom stereocenters. The molecule has 1 aliphatic heterocycles. The first kappa shape index (κ1) is 12.0. The van der Waals surface area contributed by atoms with E-state index in [1.54, 1.807) is 6.20 Å². The van der Waals surface area contributed by atoms with Crippen LogP contribution in [-0.4, -0.2) is 23.3 Å². The van der Waals surface area contributed by atoms with E-state index in [1.807, 2.05) is 36.4 Å². The summed E-state index contributed by atoms with van der Waals surface area (Å²) in [6.45, 7) is 1.12. The summed E-state index contributed by atoms with van der Waals surface area (Å²) < 4.78 is 11.0. The number of hydrogen-bond donors (Lipinski definition) is 1. The Kier molecular flexibility index (Phi) is 3.33. The molecule has 4 nitrogen and oxygen atoms in total. The zero-order chi connectivity index (χ0) is 13.1. The molecule has 4 heteroatoms. The number of hydrogen-bond acceptors (Lipinski definition) is 4. The lowest BCUT2D eigenvalue weighted by atomic mass is 10.0. The summed E-state index contributed by atoms with van der Waals surface area (Å²) >= 11 is 0. The van der Waals surface area contributed by atoms with Crippen molar-refractivity contribution < 1.29 is 14.6 Å². The van der Waals surface area contributed by atoms with Crippen LogP contribution in [-0.2, 0) is 6.42 Å². The van der Waals surface area contributed by atoms with Gasteiger partial charge in [-0.25, -0.2) is 0 Å². The van der Waals surface area contributed by atoms with Crippen LogP contribution in [0.15, 0.2) is 42.6 Å². The number of rotatable bonds is 3. The summed E-state index contributed by atoms with van der Waals surface area (Å²) in [5.74, 6) is 1.43. The van der Waals surface area contributed by atoms with Crippen molar-refractivity contribution in [2.75, 3.05) is 13.2 Å². The van der Waals surface area contributed by atoms with Crippen LogP contribution in [0.5, 0.6) is 11.5 Å². The highest BCUT2D eigenvalue weighted by Gasteiger charge is 2.15. The number of pyridine rings is 1. The Labute approximate surface area is 111 Å². The molecule has 3 rings (SSSR count). The van der Waals surface area contributed by atoms with E-state index in [0.29, 0.717) is 25.4 Å². The van der Waals surface area contributed by atoms with Crippen LogP contribution >= 0.6 is 0 Å². The first-order chi connectivity index (χ1) is 9.33. The van der Waals surface area contributed by atoms with Crippen molar-refractivity contribution >= 4 is 0 Å². The normalized spacial score (nSPS) is 15.0. The standard InChI is InChI=1S/C15H15NO3/c17-13(10-12-3-1-2-6-16-12)11-4-5-14-15(9-11)19-8-7-18-14/h1-6,9,13,17H,7-8,10H2. The van der Waals surface area contributed by atoms with E-state index in [-0.39, 0.29) is 0 Å². The highest BCUT2D eigenvalue weighted by Crippen LogP contribution is 2.33. The Balaban J connectivity index is 1.78. The maximum atomic E-state index is 10.2. The number of aliphatic hydroxyl groups is 1. The second-order valence-electron chi connectivity index (χ2n) is 4.44. The van der Waals surface area contributed by atoms with Gasteiger partial charge in [0.1, 0.15) is 13.2 Å². The Morgan fingerprint density at radius 2 is 1.95 bits per heavy atom. The van der Waals surface area contributed by atoms with Gasteiger partial charge in [-0.05, 0) is 29.8 Å². The molecule has 0 fully saturated rings. The van der Waals surface area contributed by atoms with E-state index in [1.165, 1.54) is 0 Å². The maximum Gasteiger partial charge on any atom is 0.161 e. The van der Waals surface area contributed by atoms with Crippen molar-refractivity contribution in [2.24, 2.45) is 0 Å². The van der Waals surface area contributed by atoms with Crippen molar-refractivity contribution in [1.29, 1.82) is 0 Å². The summed E-state index contributed by atoms with van der Waals surface area (Å²) in [5.41, 5.74) is 1.68. The Bertz CT molecular complexity index is 557. The second kappa shape index (κ2) is 5.28. The Hall–Kier alpha value is -2.07. The van der Waals surface area contributed by atoms with Crippen LogP contribution in [0.2, 0.25) is 0 Å². The van der Waals surface area contributed by atoms with Gasteiger partial charge in [0.25, 0.3) is 0 Å². The van der Waals surface area contributed by atoms with E-state index in [2.05, 4.69) is 4.98 Å². The van der Waals surface area contributed by atoms with Crippen molar-refractivity contribution in [3.05, 3.63) is 53.9 Å². The fourth-order valence-corrected chi connectivity index (χ4v) is 2.10. The molecule has 1 aromatic heterocycles. The minimum atomic E-state index is -0.592. The van der Waals surface area contributed by atoms with E-state index in [4.69, 9.17) is 9.47 Å². The van der Waals surface area contributed by atoms with Gasteiger partial charge < -0.3 is 14.6 Å². The van der Waals surface area contributed by atoms with Crippen LogP contribution in [0.1, 0.15) is 17.4 Å². The summed E-state index contributed by atoms with van der Waals surface area (Å²) in [6, 6.07) is 11.2. The predicted octanol–water partition coefficient (Wildman–Crippen LogP) is 2.13. The molecule has 2 aromatic rings. The van der Waals surface area contributed by atoms with Crippen molar-refractivity contribution in [3.8, 4) is 11.5 Å². The van der Waals surface area contributed by atoms with E-state index < -0.39 is 6.10 Å². The molecule has 19 heavy (non-hydrogen) atoms. The molecule has 0 spiro atoms. The molecule has 0 saturated carbocycles. The highest BCUT2D eigenvalue weighted by atomic mass is 16.6. The zero-order valence-corrected chi connectivity index (χ0v) is 10.5. The van der Waals surface area contributed by atoms with Gasteiger partial charge >= 0.3 is 0 Å². The maximum absolute atomic E-state index is 10.2. The van der Waals surface area contributed by atoms with Crippen LogP contribution in [0, 0.1) is 0 Å². The average Bonchev–Trinajstić information content (AvgIpc) is 2.48. The number of nitrogens with zero attached hydrogens (tertiary/aromatic N) is 1. The molecule has 1 aromatic carbocycles. The molecule has 1 atom stereocenters. The Morgan fingerprint density at radius 3 is 2.74 bits per heavy atom. The van der Waals surface area contributed by atoms with Gasteiger partial charge in [0.15, 0.2) is 11.5 Å². The lowest BCUT2D eigenvalue weighted by Crippen LogP contribution is -2.15. The quantitative estimate of drug-likeness (QED) is 0.915. The van der Waals surface area contributed by atoms with E-state index in [0.717, 1.165) is 17.0 Å². The number of aliphatic hydroxyl groups excluding tert-OH is 1. The van der Waals surface area contributed by atoms with Crippen molar-refractivity contribution in [1.82, 2.24) is 4.98 Å². The molecule has 0 aliphatic carbocycles. The van der Waals surface area contributed by atoms with Gasteiger partial charge in [0.2, 0.25) is 0 Å². The molecule has 2 heterocycles. The third-order valence-electron chi connectivity index (χ3n) is 3.08. The van der Waals surface area contributed by atoms with E-state index >= 15 is 0 Å². The SMILES string of the molecule is OC(Cc1ccccn1)c1ccc2c(c1)OCCO2. The zero-order valence-electron chi connectivity index (χ0n) is 10.5. The fraction of sp³-hybridized carbons (Fsp3) is 0.267. The number of benzene rings is 1. The number of fused-ring (bicyclic) bond motifs is 1. The molecule has 0 bridgehead atoms. The van der Waals surface area contributed by atoms with Gasteiger partial charge in [-0.1, -0.05) is 12.1 Å². The minimum Gasteiger partial charge on any atom is -0.486 e. The first-order valence-corrected chi connectivity index (χ1v) is 6.30. The molecular formula is C15H15NO3. The number of aromatic nitrogens is 1. The average molecular weight is 257 g/mol. The highest BCUT2D eigenvalue weighted by molar-refractivity contribution is 5.44. The second-order valence-corrected chi connectivity index (χ2v) is 4.44. The summed E-state index contributed by atoms with van der Waals surface area (Å²) in [6.07, 6.45) is 1.62. The van der Waals surface area contributed by atoms with Crippen molar-refractivity contribution in [2.45, 2.75) is 12.5 Å². The summed E-state index contributed by atoms with van der Waals surface area (Å²) in [7, 11) is 0. The third-order valence-corrected chi connectivity index (χ3v) is 3.08. The molecule has 0 amide bonds. The fourth-order valence-electron chi connectivity index (χ4n) is 2.10. The van der Waals surface area contributed by atoms with Crippen molar-refractivity contribution in [3.63, 3.8) is 0 Å². The molecule has 1 aliphatic rings. The van der Waals surface area contributed by atoms with Gasteiger partial charge in [-0.15, -0.1) is 0 Å². The van der Waals surface area contributed by atoms with E-state index in [9.17, 15) is 5.11 Å². The van der Waals surface area contributed by atoms with Gasteiger partial charge in [-0.2, -0.15) is 0 Å². The van der Waals surface area contributed by atoms with Crippen LogP contribution in [0.25, 0.3) is 0 Å². The van der Waals surface area contributed by atoms with Crippen LogP contribution in [0.3, 0.4) is 0 Å². The predicted molar refractivity (Wildman–Crippen MR) is 70.3 cm³/mol. The van der Waals surface area contributed by atoms with Gasteiger partial charge in [0.05, 0.1) is 6.10 Å². The lowest BCUT2D eigenvalue weighted by molar-refractivity contribution is 0.164. The topological polar surface area (TPSA) is 51.6 Å². The third kappa shape index (κ3) is 2.69. The Morgan fingerprint density at radius 1 is 1.11 bits per heavy atom. The number of ether oxygens (including phenoxy) is 2. The summed E-state index contributed by atoms with van der Waals surface area (Å²) in [5, 5.41) is 10.2. The van der Waals surface area contributed by atoms with Crippen LogP contribution < -0.4 is 9.47 Å². The smallest absolute Gasteiger partial charge is 0.161 e. The first-order valence-electron chi connectivity index (χ1n) is 6.30. The summed E-state index contributed by atoms with van der Waals surface area (Å²) in [4.78, 5) is 4.22. The lowest BCUT2D eigenvalue weighted by Gasteiger charge is -2.20. The molecule has 1 N–H and O–H groups in total. The monoisotopic (exact) mass is 257 g/mol. The molecule has 0 radical (unpaired) electrons. The van der Waals surface area contributed by atoms with Gasteiger partial charge in [-0.3, -0.25) is 4.98 Å².